The van der Waals surface area contributed by atoms with E-state index in [-0.39, 0.29) is 6.04 Å². The van der Waals surface area contributed by atoms with E-state index < -0.39 is 0 Å². The van der Waals surface area contributed by atoms with Gasteiger partial charge in [0.2, 0.25) is 0 Å². The van der Waals surface area contributed by atoms with Crippen molar-refractivity contribution in [2.75, 3.05) is 19.8 Å². The molecule has 1 N–H and O–H groups in total. The summed E-state index contributed by atoms with van der Waals surface area (Å²) in [6, 6.07) is 4.16. The van der Waals surface area contributed by atoms with Crippen molar-refractivity contribution < 1.29 is 9.15 Å². The Morgan fingerprint density at radius 3 is 3.13 bits per heavy atom. The summed E-state index contributed by atoms with van der Waals surface area (Å²) >= 11 is 0. The second kappa shape index (κ2) is 5.14. The van der Waals surface area contributed by atoms with Gasteiger partial charge in [0, 0.05) is 6.54 Å². The van der Waals surface area contributed by atoms with E-state index >= 15 is 0 Å². The molecule has 0 fully saturated rings. The van der Waals surface area contributed by atoms with E-state index in [0.717, 1.165) is 31.9 Å². The first-order valence-electron chi connectivity index (χ1n) is 5.38. The van der Waals surface area contributed by atoms with Gasteiger partial charge in [-0.15, -0.1) is 0 Å². The number of ether oxygens (including phenoxy) is 1. The van der Waals surface area contributed by atoms with Gasteiger partial charge in [-0.25, -0.2) is 0 Å². The molecule has 0 amide bonds. The average molecular weight is 207 g/mol. The highest BCUT2D eigenvalue weighted by molar-refractivity contribution is 5.09. The second-order valence-electron chi connectivity index (χ2n) is 3.82. The highest BCUT2D eigenvalue weighted by atomic mass is 16.5. The molecule has 0 saturated carbocycles. The van der Waals surface area contributed by atoms with Crippen LogP contribution >= 0.6 is 0 Å². The molecule has 0 aromatic carbocycles. The Balaban J connectivity index is 1.80. The van der Waals surface area contributed by atoms with E-state index in [9.17, 15) is 0 Å². The molecule has 1 atom stereocenters. The molecule has 2 rings (SSSR count). The zero-order valence-corrected chi connectivity index (χ0v) is 9.03. The van der Waals surface area contributed by atoms with Gasteiger partial charge in [0.05, 0.1) is 25.5 Å². The van der Waals surface area contributed by atoms with Gasteiger partial charge in [-0.1, -0.05) is 6.08 Å². The molecule has 1 aliphatic heterocycles. The molecular weight excluding hydrogens is 190 g/mol. The van der Waals surface area contributed by atoms with E-state index in [4.69, 9.17) is 9.15 Å². The van der Waals surface area contributed by atoms with Gasteiger partial charge in [-0.3, -0.25) is 0 Å². The lowest BCUT2D eigenvalue weighted by Crippen LogP contribution is -2.24. The summed E-state index contributed by atoms with van der Waals surface area (Å²) in [6.45, 7) is 4.60. The van der Waals surface area contributed by atoms with Gasteiger partial charge < -0.3 is 14.5 Å². The Hall–Kier alpha value is -1.06. The minimum Gasteiger partial charge on any atom is -0.468 e. The van der Waals surface area contributed by atoms with Crippen LogP contribution in [0.4, 0.5) is 0 Å². The molecule has 3 heteroatoms. The van der Waals surface area contributed by atoms with Crippen molar-refractivity contribution >= 4 is 0 Å². The van der Waals surface area contributed by atoms with Crippen LogP contribution < -0.4 is 5.32 Å². The molecule has 1 aromatic heterocycles. The third kappa shape index (κ3) is 2.94. The fraction of sp³-hybridized carbons (Fsp3) is 0.500. The first kappa shape index (κ1) is 10.5. The first-order valence-corrected chi connectivity index (χ1v) is 5.38. The Morgan fingerprint density at radius 1 is 1.53 bits per heavy atom. The monoisotopic (exact) mass is 207 g/mol. The van der Waals surface area contributed by atoms with Crippen LogP contribution in [0.15, 0.2) is 34.5 Å². The van der Waals surface area contributed by atoms with Crippen LogP contribution in [0.25, 0.3) is 0 Å². The fourth-order valence-electron chi connectivity index (χ4n) is 1.65. The standard InChI is InChI=1S/C12H17NO2/c1-10(12-5-3-7-15-12)13-8-11-4-2-6-14-9-11/h3-5,7,10,13H,2,6,8-9H2,1H3. The maximum atomic E-state index is 5.37. The maximum absolute atomic E-state index is 5.37. The first-order chi connectivity index (χ1) is 7.36. The lowest BCUT2D eigenvalue weighted by Gasteiger charge is -2.16. The molecule has 1 aromatic rings. The zero-order chi connectivity index (χ0) is 10.5. The molecular formula is C12H17NO2. The van der Waals surface area contributed by atoms with Crippen molar-refractivity contribution in [3.63, 3.8) is 0 Å². The van der Waals surface area contributed by atoms with Gasteiger partial charge in [-0.05, 0) is 31.1 Å². The highest BCUT2D eigenvalue weighted by Gasteiger charge is 2.09. The second-order valence-corrected chi connectivity index (χ2v) is 3.82. The largest absolute Gasteiger partial charge is 0.468 e. The summed E-state index contributed by atoms with van der Waals surface area (Å²) in [5, 5.41) is 3.41. The molecule has 0 spiro atoms. The lowest BCUT2D eigenvalue weighted by atomic mass is 10.2. The minimum absolute atomic E-state index is 0.253. The summed E-state index contributed by atoms with van der Waals surface area (Å²) in [4.78, 5) is 0. The van der Waals surface area contributed by atoms with Crippen LogP contribution in [-0.4, -0.2) is 19.8 Å². The van der Waals surface area contributed by atoms with Gasteiger partial charge >= 0.3 is 0 Å². The predicted octanol–water partition coefficient (Wildman–Crippen LogP) is 2.28. The van der Waals surface area contributed by atoms with Crippen LogP contribution in [0.2, 0.25) is 0 Å². The quantitative estimate of drug-likeness (QED) is 0.769. The summed E-state index contributed by atoms with van der Waals surface area (Å²) in [5.74, 6) is 0.979. The summed E-state index contributed by atoms with van der Waals surface area (Å²) in [6.07, 6.45) is 4.99. The van der Waals surface area contributed by atoms with Gasteiger partial charge in [-0.2, -0.15) is 0 Å². The van der Waals surface area contributed by atoms with E-state index in [1.54, 1.807) is 6.26 Å². The number of nitrogens with one attached hydrogen (secondary N) is 1. The topological polar surface area (TPSA) is 34.4 Å². The van der Waals surface area contributed by atoms with Gasteiger partial charge in [0.25, 0.3) is 0 Å². The molecule has 0 saturated heterocycles. The highest BCUT2D eigenvalue weighted by Crippen LogP contribution is 2.13. The fourth-order valence-corrected chi connectivity index (χ4v) is 1.65. The normalized spacial score (nSPS) is 18.6. The molecule has 1 aliphatic rings. The predicted molar refractivity (Wildman–Crippen MR) is 58.6 cm³/mol. The third-order valence-corrected chi connectivity index (χ3v) is 2.59. The van der Waals surface area contributed by atoms with Crippen LogP contribution in [0.5, 0.6) is 0 Å². The number of furan rings is 1. The molecule has 0 radical (unpaired) electrons. The van der Waals surface area contributed by atoms with Crippen molar-refractivity contribution in [1.82, 2.24) is 5.32 Å². The van der Waals surface area contributed by atoms with Crippen molar-refractivity contribution in [3.05, 3.63) is 35.8 Å². The van der Waals surface area contributed by atoms with Crippen LogP contribution in [0.1, 0.15) is 25.1 Å². The Labute approximate surface area is 90.1 Å². The van der Waals surface area contributed by atoms with Crippen molar-refractivity contribution in [2.24, 2.45) is 0 Å². The third-order valence-electron chi connectivity index (χ3n) is 2.59. The van der Waals surface area contributed by atoms with Crippen LogP contribution in [-0.2, 0) is 4.74 Å². The smallest absolute Gasteiger partial charge is 0.120 e. The van der Waals surface area contributed by atoms with Gasteiger partial charge in [0.1, 0.15) is 5.76 Å². The molecule has 3 nitrogen and oxygen atoms in total. The molecule has 0 bridgehead atoms. The number of hydrogen-bond acceptors (Lipinski definition) is 3. The lowest BCUT2D eigenvalue weighted by molar-refractivity contribution is 0.148. The summed E-state index contributed by atoms with van der Waals surface area (Å²) in [5.41, 5.74) is 1.33. The van der Waals surface area contributed by atoms with Crippen molar-refractivity contribution in [2.45, 2.75) is 19.4 Å². The molecule has 15 heavy (non-hydrogen) atoms. The minimum atomic E-state index is 0.253. The van der Waals surface area contributed by atoms with Crippen LogP contribution in [0, 0.1) is 0 Å². The van der Waals surface area contributed by atoms with E-state index in [0.29, 0.717) is 0 Å². The Bertz CT molecular complexity index is 316. The number of hydrogen-bond donors (Lipinski definition) is 1. The molecule has 2 heterocycles. The van der Waals surface area contributed by atoms with E-state index in [1.807, 2.05) is 12.1 Å². The van der Waals surface area contributed by atoms with Crippen molar-refractivity contribution in [1.29, 1.82) is 0 Å². The maximum Gasteiger partial charge on any atom is 0.120 e. The zero-order valence-electron chi connectivity index (χ0n) is 9.03. The molecule has 1 unspecified atom stereocenters. The van der Waals surface area contributed by atoms with E-state index in [1.165, 1.54) is 5.57 Å². The Morgan fingerprint density at radius 2 is 2.47 bits per heavy atom. The Kier molecular flexibility index (Phi) is 3.59. The average Bonchev–Trinajstić information content (AvgIpc) is 2.81. The van der Waals surface area contributed by atoms with Gasteiger partial charge in [0.15, 0.2) is 0 Å². The van der Waals surface area contributed by atoms with Crippen LogP contribution in [0.3, 0.4) is 0 Å². The summed E-state index contributed by atoms with van der Waals surface area (Å²) in [7, 11) is 0. The van der Waals surface area contributed by atoms with Crippen molar-refractivity contribution in [3.8, 4) is 0 Å². The molecule has 0 aliphatic carbocycles. The van der Waals surface area contributed by atoms with E-state index in [2.05, 4.69) is 18.3 Å². The molecule has 82 valence electrons. The SMILES string of the molecule is CC(NCC1=CCCOC1)c1ccco1. The number of rotatable bonds is 4. The summed E-state index contributed by atoms with van der Waals surface area (Å²) < 4.78 is 10.7.